The summed E-state index contributed by atoms with van der Waals surface area (Å²) in [7, 11) is 3.21. The third-order valence-electron chi connectivity index (χ3n) is 3.88. The summed E-state index contributed by atoms with van der Waals surface area (Å²) < 4.78 is 21.5. The second kappa shape index (κ2) is 7.79. The van der Waals surface area contributed by atoms with Gasteiger partial charge in [-0.1, -0.05) is 0 Å². The number of carbonyl (C=O) groups is 1. The summed E-state index contributed by atoms with van der Waals surface area (Å²) in [5.41, 5.74) is 1.67. The van der Waals surface area contributed by atoms with E-state index in [2.05, 4.69) is 5.32 Å². The van der Waals surface area contributed by atoms with Crippen molar-refractivity contribution < 1.29 is 23.7 Å². The molecule has 6 nitrogen and oxygen atoms in total. The number of methoxy groups -OCH3 is 2. The van der Waals surface area contributed by atoms with E-state index in [4.69, 9.17) is 18.9 Å². The Morgan fingerprint density at radius 2 is 1.68 bits per heavy atom. The van der Waals surface area contributed by atoms with Crippen molar-refractivity contribution in [2.24, 2.45) is 0 Å². The Hall–Kier alpha value is -2.89. The highest BCUT2D eigenvalue weighted by Gasteiger charge is 2.13. The number of aryl methyl sites for hydroxylation is 1. The number of hydrogen-bond donors (Lipinski definition) is 1. The van der Waals surface area contributed by atoms with Crippen LogP contribution >= 0.6 is 0 Å². The molecule has 0 saturated heterocycles. The first-order valence-corrected chi connectivity index (χ1v) is 8.09. The molecular formula is C19H21NO5. The van der Waals surface area contributed by atoms with Gasteiger partial charge < -0.3 is 24.3 Å². The molecule has 0 bridgehead atoms. The zero-order valence-corrected chi connectivity index (χ0v) is 14.3. The first-order chi connectivity index (χ1) is 12.2. The van der Waals surface area contributed by atoms with Crippen LogP contribution in [0.4, 0.5) is 5.69 Å². The van der Waals surface area contributed by atoms with Gasteiger partial charge in [0.15, 0.2) is 11.5 Å². The monoisotopic (exact) mass is 343 g/mol. The molecule has 132 valence electrons. The van der Waals surface area contributed by atoms with Crippen LogP contribution in [0.5, 0.6) is 23.0 Å². The second-order valence-electron chi connectivity index (χ2n) is 5.63. The van der Waals surface area contributed by atoms with Crippen molar-refractivity contribution in [1.82, 2.24) is 0 Å². The number of amides is 1. The molecule has 0 aliphatic carbocycles. The molecule has 0 atom stereocenters. The molecule has 0 spiro atoms. The summed E-state index contributed by atoms with van der Waals surface area (Å²) in [6.45, 7) is 1.06. The Morgan fingerprint density at radius 1 is 1.00 bits per heavy atom. The van der Waals surface area contributed by atoms with E-state index in [1.54, 1.807) is 38.5 Å². The van der Waals surface area contributed by atoms with Crippen LogP contribution in [0.3, 0.4) is 0 Å². The summed E-state index contributed by atoms with van der Waals surface area (Å²) in [5.74, 6) is 2.70. The first kappa shape index (κ1) is 17.0. The number of carbonyl (C=O) groups excluding carboxylic acids is 1. The molecule has 6 heteroatoms. The zero-order chi connectivity index (χ0) is 17.6. The average molecular weight is 343 g/mol. The number of anilines is 1. The Morgan fingerprint density at radius 3 is 2.36 bits per heavy atom. The molecular weight excluding hydrogens is 322 g/mol. The van der Waals surface area contributed by atoms with Crippen LogP contribution in [-0.4, -0.2) is 33.3 Å². The second-order valence-corrected chi connectivity index (χ2v) is 5.63. The van der Waals surface area contributed by atoms with Gasteiger partial charge in [0.05, 0.1) is 14.2 Å². The molecule has 3 rings (SSSR count). The quantitative estimate of drug-likeness (QED) is 0.873. The lowest BCUT2D eigenvalue weighted by molar-refractivity contribution is -0.116. The predicted octanol–water partition coefficient (Wildman–Crippen LogP) is 3.05. The lowest BCUT2D eigenvalue weighted by Gasteiger charge is -2.19. The van der Waals surface area contributed by atoms with Gasteiger partial charge >= 0.3 is 0 Å². The van der Waals surface area contributed by atoms with E-state index < -0.39 is 0 Å². The third kappa shape index (κ3) is 4.35. The van der Waals surface area contributed by atoms with E-state index in [-0.39, 0.29) is 5.91 Å². The van der Waals surface area contributed by atoms with Crippen molar-refractivity contribution in [3.05, 3.63) is 42.0 Å². The maximum atomic E-state index is 12.2. The van der Waals surface area contributed by atoms with Gasteiger partial charge in [0.25, 0.3) is 0 Å². The number of fused-ring (bicyclic) bond motifs is 1. The lowest BCUT2D eigenvalue weighted by atomic mass is 10.1. The summed E-state index contributed by atoms with van der Waals surface area (Å²) in [6.07, 6.45) is 0.939. The van der Waals surface area contributed by atoms with Gasteiger partial charge in [-0.3, -0.25) is 4.79 Å². The smallest absolute Gasteiger partial charge is 0.224 e. The van der Waals surface area contributed by atoms with E-state index in [0.717, 1.165) is 5.56 Å². The number of benzene rings is 2. The Bertz CT molecular complexity index is 737. The van der Waals surface area contributed by atoms with Crippen LogP contribution in [0, 0.1) is 0 Å². The van der Waals surface area contributed by atoms with E-state index in [0.29, 0.717) is 54.7 Å². The molecule has 2 aromatic carbocycles. The van der Waals surface area contributed by atoms with Crippen LogP contribution in [0.2, 0.25) is 0 Å². The summed E-state index contributed by atoms with van der Waals surface area (Å²) in [6, 6.07) is 11.0. The molecule has 0 fully saturated rings. The Balaban J connectivity index is 1.60. The standard InChI is InChI=1S/C19H21NO5/c1-22-15-9-13(10-16(12-15)23-2)3-6-19(21)20-14-4-5-17-18(11-14)25-8-7-24-17/h4-5,9-12H,3,6-8H2,1-2H3,(H,20,21). The van der Waals surface area contributed by atoms with E-state index in [1.807, 2.05) is 12.1 Å². The van der Waals surface area contributed by atoms with Gasteiger partial charge in [-0.05, 0) is 36.2 Å². The van der Waals surface area contributed by atoms with E-state index >= 15 is 0 Å². The first-order valence-electron chi connectivity index (χ1n) is 8.09. The molecule has 1 heterocycles. The third-order valence-corrected chi connectivity index (χ3v) is 3.88. The van der Waals surface area contributed by atoms with Gasteiger partial charge in [-0.25, -0.2) is 0 Å². The number of rotatable bonds is 6. The summed E-state index contributed by atoms with van der Waals surface area (Å²) in [5, 5.41) is 2.88. The van der Waals surface area contributed by atoms with E-state index in [1.165, 1.54) is 0 Å². The molecule has 1 aliphatic heterocycles. The van der Waals surface area contributed by atoms with Crippen molar-refractivity contribution in [2.45, 2.75) is 12.8 Å². The summed E-state index contributed by atoms with van der Waals surface area (Å²) in [4.78, 5) is 12.2. The predicted molar refractivity (Wildman–Crippen MR) is 93.9 cm³/mol. The minimum absolute atomic E-state index is 0.0709. The fraction of sp³-hybridized carbons (Fsp3) is 0.316. The van der Waals surface area contributed by atoms with Gasteiger partial charge in [-0.15, -0.1) is 0 Å². The fourth-order valence-corrected chi connectivity index (χ4v) is 2.61. The molecule has 0 unspecified atom stereocenters. The lowest BCUT2D eigenvalue weighted by Crippen LogP contribution is -2.16. The van der Waals surface area contributed by atoms with Gasteiger partial charge in [0.2, 0.25) is 5.91 Å². The molecule has 2 aromatic rings. The topological polar surface area (TPSA) is 66.0 Å². The molecule has 1 amide bonds. The molecule has 1 N–H and O–H groups in total. The van der Waals surface area contributed by atoms with Crippen molar-refractivity contribution >= 4 is 11.6 Å². The number of ether oxygens (including phenoxy) is 4. The number of hydrogen-bond acceptors (Lipinski definition) is 5. The van der Waals surface area contributed by atoms with Gasteiger partial charge in [0.1, 0.15) is 24.7 Å². The van der Waals surface area contributed by atoms with E-state index in [9.17, 15) is 4.79 Å². The highest BCUT2D eigenvalue weighted by atomic mass is 16.6. The van der Waals surface area contributed by atoms with Crippen LogP contribution in [-0.2, 0) is 11.2 Å². The largest absolute Gasteiger partial charge is 0.497 e. The van der Waals surface area contributed by atoms with Crippen LogP contribution in [0.15, 0.2) is 36.4 Å². The normalized spacial score (nSPS) is 12.4. The molecule has 1 aliphatic rings. The van der Waals surface area contributed by atoms with Crippen molar-refractivity contribution in [2.75, 3.05) is 32.8 Å². The van der Waals surface area contributed by atoms with Gasteiger partial charge in [0, 0.05) is 24.2 Å². The number of nitrogens with one attached hydrogen (secondary N) is 1. The van der Waals surface area contributed by atoms with Crippen molar-refractivity contribution in [1.29, 1.82) is 0 Å². The van der Waals surface area contributed by atoms with Crippen LogP contribution in [0.1, 0.15) is 12.0 Å². The molecule has 0 saturated carbocycles. The maximum absolute atomic E-state index is 12.2. The SMILES string of the molecule is COc1cc(CCC(=O)Nc2ccc3c(c2)OCCO3)cc(OC)c1. The highest BCUT2D eigenvalue weighted by Crippen LogP contribution is 2.32. The van der Waals surface area contributed by atoms with Crippen LogP contribution < -0.4 is 24.3 Å². The zero-order valence-electron chi connectivity index (χ0n) is 14.3. The minimum atomic E-state index is -0.0709. The molecule has 25 heavy (non-hydrogen) atoms. The minimum Gasteiger partial charge on any atom is -0.497 e. The van der Waals surface area contributed by atoms with Gasteiger partial charge in [-0.2, -0.15) is 0 Å². The Kier molecular flexibility index (Phi) is 5.28. The van der Waals surface area contributed by atoms with Crippen LogP contribution in [0.25, 0.3) is 0 Å². The maximum Gasteiger partial charge on any atom is 0.224 e. The highest BCUT2D eigenvalue weighted by molar-refractivity contribution is 5.91. The average Bonchev–Trinajstić information content (AvgIpc) is 2.66. The summed E-state index contributed by atoms with van der Waals surface area (Å²) >= 11 is 0. The Labute approximate surface area is 146 Å². The molecule has 0 aromatic heterocycles. The fourth-order valence-electron chi connectivity index (χ4n) is 2.61. The van der Waals surface area contributed by atoms with Crippen molar-refractivity contribution in [3.8, 4) is 23.0 Å². The molecule has 0 radical (unpaired) electrons. The van der Waals surface area contributed by atoms with Crippen molar-refractivity contribution in [3.63, 3.8) is 0 Å².